The Labute approximate surface area is 314 Å². The van der Waals surface area contributed by atoms with E-state index in [4.69, 9.17) is 23.1 Å². The predicted molar refractivity (Wildman–Crippen MR) is 204 cm³/mol. The highest BCUT2D eigenvalue weighted by Crippen LogP contribution is 2.37. The second-order valence-corrected chi connectivity index (χ2v) is 15.8. The van der Waals surface area contributed by atoms with E-state index < -0.39 is 46.6 Å². The van der Waals surface area contributed by atoms with E-state index in [0.29, 0.717) is 32.0 Å². The SMILES string of the molecule is CC(C)(C)OC(=O)N1CC(COS(=O)(=O)[O-])C(c2ccc(OCCCOCc3ccccc3)cc2)C(OCc2ccc3ccccc3c2)C1.C[NH+](C)C. The van der Waals surface area contributed by atoms with Gasteiger partial charge in [-0.25, -0.2) is 13.2 Å². The van der Waals surface area contributed by atoms with Gasteiger partial charge in [-0.05, 0) is 66.4 Å². The Bertz CT molecular complexity index is 1810. The Kier molecular flexibility index (Phi) is 15.6. The number of fused-ring (bicyclic) bond motifs is 1. The minimum absolute atomic E-state index is 0.103. The van der Waals surface area contributed by atoms with Crippen molar-refractivity contribution in [3.8, 4) is 5.75 Å². The van der Waals surface area contributed by atoms with Crippen molar-refractivity contribution in [2.24, 2.45) is 5.92 Å². The van der Waals surface area contributed by atoms with Crippen molar-refractivity contribution < 1.29 is 45.8 Å². The minimum Gasteiger partial charge on any atom is -0.726 e. The summed E-state index contributed by atoms with van der Waals surface area (Å²) in [5.74, 6) is -0.344. The number of benzene rings is 4. The number of amides is 1. The smallest absolute Gasteiger partial charge is 0.410 e. The second kappa shape index (κ2) is 19.9. The molecule has 288 valence electrons. The highest BCUT2D eigenvalue weighted by Gasteiger charge is 2.42. The molecule has 11 nitrogen and oxygen atoms in total. The van der Waals surface area contributed by atoms with Crippen LogP contribution in [0.4, 0.5) is 4.79 Å². The molecule has 1 aliphatic rings. The van der Waals surface area contributed by atoms with E-state index in [2.05, 4.69) is 27.2 Å². The number of carbonyl (C=O) groups is 1. The van der Waals surface area contributed by atoms with Crippen LogP contribution in [0.1, 0.15) is 49.8 Å². The van der Waals surface area contributed by atoms with E-state index >= 15 is 0 Å². The second-order valence-electron chi connectivity index (χ2n) is 14.7. The van der Waals surface area contributed by atoms with E-state index in [1.165, 1.54) is 9.80 Å². The van der Waals surface area contributed by atoms with Crippen LogP contribution in [0.3, 0.4) is 0 Å². The maximum atomic E-state index is 13.3. The summed E-state index contributed by atoms with van der Waals surface area (Å²) in [6.45, 7) is 7.02. The first-order valence-electron chi connectivity index (χ1n) is 18.0. The van der Waals surface area contributed by atoms with E-state index in [0.717, 1.165) is 27.5 Å². The third-order valence-corrected chi connectivity index (χ3v) is 8.62. The normalized spacial score (nSPS) is 17.7. The molecule has 1 N–H and O–H groups in total. The number of ether oxygens (including phenoxy) is 4. The molecule has 0 bridgehead atoms. The van der Waals surface area contributed by atoms with Crippen LogP contribution in [-0.4, -0.2) is 89.7 Å². The maximum absolute atomic E-state index is 13.3. The molecule has 0 saturated carbocycles. The summed E-state index contributed by atoms with van der Waals surface area (Å²) in [6, 6.07) is 31.6. The summed E-state index contributed by atoms with van der Waals surface area (Å²) in [6.07, 6.45) is -0.424. The van der Waals surface area contributed by atoms with Gasteiger partial charge in [0.15, 0.2) is 0 Å². The number of hydrogen-bond donors (Lipinski definition) is 1. The number of carbonyl (C=O) groups excluding carboxylic acids is 1. The fourth-order valence-electron chi connectivity index (χ4n) is 5.98. The predicted octanol–water partition coefficient (Wildman–Crippen LogP) is 5.60. The molecule has 0 radical (unpaired) electrons. The van der Waals surface area contributed by atoms with Gasteiger partial charge in [-0.1, -0.05) is 78.9 Å². The molecule has 3 atom stereocenters. The lowest BCUT2D eigenvalue weighted by Crippen LogP contribution is -3.02. The maximum Gasteiger partial charge on any atom is 0.410 e. The lowest BCUT2D eigenvalue weighted by atomic mass is 9.79. The van der Waals surface area contributed by atoms with Crippen LogP contribution in [0.25, 0.3) is 10.8 Å². The number of nitrogens with one attached hydrogen (secondary N) is 1. The first-order valence-corrected chi connectivity index (χ1v) is 19.3. The lowest BCUT2D eigenvalue weighted by molar-refractivity contribution is -0.836. The minimum atomic E-state index is -4.98. The molecule has 4 aromatic carbocycles. The van der Waals surface area contributed by atoms with Crippen LogP contribution in [-0.2, 0) is 42.0 Å². The fraction of sp³-hybridized carbons (Fsp3) is 0.439. The molecule has 1 heterocycles. The molecule has 1 saturated heterocycles. The summed E-state index contributed by atoms with van der Waals surface area (Å²) in [4.78, 5) is 16.2. The van der Waals surface area contributed by atoms with Crippen LogP contribution in [0.2, 0.25) is 0 Å². The molecule has 0 spiro atoms. The zero-order valence-corrected chi connectivity index (χ0v) is 32.5. The van der Waals surface area contributed by atoms with E-state index in [9.17, 15) is 17.8 Å². The van der Waals surface area contributed by atoms with Gasteiger partial charge in [-0.3, -0.25) is 4.18 Å². The van der Waals surface area contributed by atoms with Gasteiger partial charge in [0.05, 0.1) is 66.8 Å². The third-order valence-electron chi connectivity index (χ3n) is 8.20. The molecule has 0 aromatic heterocycles. The van der Waals surface area contributed by atoms with Crippen molar-refractivity contribution >= 4 is 27.3 Å². The number of nitrogens with zero attached hydrogens (tertiary/aromatic N) is 1. The Morgan fingerprint density at radius 3 is 2.15 bits per heavy atom. The molecule has 3 unspecified atom stereocenters. The molecule has 1 amide bonds. The summed E-state index contributed by atoms with van der Waals surface area (Å²) < 4.78 is 63.4. The molecule has 4 aromatic rings. The van der Waals surface area contributed by atoms with Crippen molar-refractivity contribution in [3.63, 3.8) is 0 Å². The number of piperidine rings is 1. The number of quaternary nitrogens is 1. The van der Waals surface area contributed by atoms with Crippen LogP contribution in [0, 0.1) is 5.92 Å². The lowest BCUT2D eigenvalue weighted by Gasteiger charge is -2.44. The summed E-state index contributed by atoms with van der Waals surface area (Å²) >= 11 is 0. The Balaban J connectivity index is 0.00000149. The molecule has 0 aliphatic carbocycles. The molecular weight excluding hydrogens is 697 g/mol. The van der Waals surface area contributed by atoms with Gasteiger partial charge in [-0.15, -0.1) is 0 Å². The van der Waals surface area contributed by atoms with Gasteiger partial charge in [0.2, 0.25) is 10.4 Å². The fourth-order valence-corrected chi connectivity index (χ4v) is 6.33. The molecule has 53 heavy (non-hydrogen) atoms. The number of rotatable bonds is 14. The van der Waals surface area contributed by atoms with E-state index in [1.807, 2.05) is 91.0 Å². The van der Waals surface area contributed by atoms with E-state index in [1.54, 1.807) is 20.8 Å². The molecule has 1 aliphatic heterocycles. The largest absolute Gasteiger partial charge is 0.726 e. The van der Waals surface area contributed by atoms with Crippen molar-refractivity contribution in [1.29, 1.82) is 0 Å². The third kappa shape index (κ3) is 14.7. The summed E-state index contributed by atoms with van der Waals surface area (Å²) in [5, 5.41) is 2.18. The number of likely N-dealkylation sites (tertiary alicyclic amines) is 1. The number of hydrogen-bond acceptors (Lipinski definition) is 9. The Hall–Kier alpha value is -4.04. The highest BCUT2D eigenvalue weighted by molar-refractivity contribution is 7.80. The van der Waals surface area contributed by atoms with Crippen molar-refractivity contribution in [1.82, 2.24) is 4.90 Å². The quantitative estimate of drug-likeness (QED) is 0.0996. The van der Waals surface area contributed by atoms with Gasteiger partial charge in [-0.2, -0.15) is 0 Å². The van der Waals surface area contributed by atoms with Crippen LogP contribution in [0.5, 0.6) is 5.75 Å². The molecule has 1 fully saturated rings. The van der Waals surface area contributed by atoms with Gasteiger partial charge in [0.1, 0.15) is 11.4 Å². The average molecular weight is 751 g/mol. The van der Waals surface area contributed by atoms with Gasteiger partial charge < -0.3 is 33.3 Å². The van der Waals surface area contributed by atoms with Gasteiger partial charge in [0, 0.05) is 24.8 Å². The van der Waals surface area contributed by atoms with Gasteiger partial charge in [0.25, 0.3) is 0 Å². The van der Waals surface area contributed by atoms with Crippen molar-refractivity contribution in [3.05, 3.63) is 114 Å². The summed E-state index contributed by atoms with van der Waals surface area (Å²) in [7, 11) is 1.27. The molecule has 5 rings (SSSR count). The Morgan fingerprint density at radius 1 is 0.830 bits per heavy atom. The monoisotopic (exact) mass is 750 g/mol. The van der Waals surface area contributed by atoms with Crippen LogP contribution < -0.4 is 9.64 Å². The molecule has 12 heteroatoms. The first-order chi connectivity index (χ1) is 25.2. The average Bonchev–Trinajstić information content (AvgIpc) is 3.10. The van der Waals surface area contributed by atoms with Crippen LogP contribution in [0.15, 0.2) is 97.1 Å². The first kappa shape index (κ1) is 41.7. The summed E-state index contributed by atoms with van der Waals surface area (Å²) in [5.41, 5.74) is 2.15. The highest BCUT2D eigenvalue weighted by atomic mass is 32.3. The van der Waals surface area contributed by atoms with Crippen molar-refractivity contribution in [2.45, 2.75) is 58.0 Å². The Morgan fingerprint density at radius 2 is 1.49 bits per heavy atom. The zero-order valence-electron chi connectivity index (χ0n) is 31.7. The standard InChI is InChI=1S/C38H45NO9S.C3H9N/c1-38(2,3)48-37(40)39-23-33(27-47-49(41,42)43)36(35(24-39)46-26-29-14-15-30-12-7-8-13-32(30)22-29)31-16-18-34(19-17-31)45-21-9-20-44-25-28-10-5-4-6-11-28;1-4(2)3/h4-8,10-19,22,33,35-36H,9,20-21,23-27H2,1-3H3,(H,41,42,43);1-3H3. The topological polar surface area (TPSA) is 128 Å². The van der Waals surface area contributed by atoms with E-state index in [-0.39, 0.29) is 19.7 Å². The molecular formula is C41H54N2O9S. The van der Waals surface area contributed by atoms with Gasteiger partial charge >= 0.3 is 6.09 Å². The zero-order chi connectivity index (χ0) is 38.4. The van der Waals surface area contributed by atoms with Crippen LogP contribution >= 0.6 is 0 Å². The van der Waals surface area contributed by atoms with Crippen molar-refractivity contribution in [2.75, 3.05) is 54.1 Å².